The Labute approximate surface area is 277 Å². The topological polar surface area (TPSA) is 142 Å². The van der Waals surface area contributed by atoms with Gasteiger partial charge >= 0.3 is 0 Å². The number of rotatable bonds is 10. The van der Waals surface area contributed by atoms with Crippen molar-refractivity contribution < 1.29 is 14.4 Å². The molecule has 0 amide bonds. The van der Waals surface area contributed by atoms with Gasteiger partial charge in [0, 0.05) is 61.6 Å². The maximum Gasteiger partial charge on any atom is 0.229 e. The highest BCUT2D eigenvalue weighted by molar-refractivity contribution is 9.10. The number of hydrogen-bond acceptors (Lipinski definition) is 11. The van der Waals surface area contributed by atoms with E-state index in [0.717, 1.165) is 16.8 Å². The van der Waals surface area contributed by atoms with E-state index in [1.165, 1.54) is 0 Å². The summed E-state index contributed by atoms with van der Waals surface area (Å²) in [6, 6.07) is 7.59. The molecule has 1 saturated heterocycles. The van der Waals surface area contributed by atoms with Crippen LogP contribution >= 0.6 is 23.1 Å². The minimum absolute atomic E-state index is 0.316. The average Bonchev–Trinajstić information content (AvgIpc) is 3.44. The largest absolute Gasteiger partial charge is 0.494 e. The van der Waals surface area contributed by atoms with Crippen LogP contribution in [0.1, 0.15) is 26.7 Å². The van der Waals surface area contributed by atoms with E-state index >= 15 is 0 Å². The highest BCUT2D eigenvalue weighted by Crippen LogP contribution is 2.46. The van der Waals surface area contributed by atoms with Crippen LogP contribution in [0.2, 0.25) is 0 Å². The Bertz CT molecular complexity index is 1840. The number of ether oxygens (including phenoxy) is 1. The summed E-state index contributed by atoms with van der Waals surface area (Å²) in [4.78, 5) is 20.1. The molecule has 0 saturated carbocycles. The third kappa shape index (κ3) is 7.16. The number of aliphatic imine (C=N–C) groups is 2. The molecule has 0 radical (unpaired) electrons. The fourth-order valence-corrected chi connectivity index (χ4v) is 7.16. The Morgan fingerprint density at radius 1 is 1.17 bits per heavy atom. The molecule has 14 heteroatoms. The van der Waals surface area contributed by atoms with Crippen molar-refractivity contribution in [2.45, 2.75) is 32.3 Å². The van der Waals surface area contributed by atoms with Gasteiger partial charge < -0.3 is 29.9 Å². The van der Waals surface area contributed by atoms with Gasteiger partial charge in [-0.05, 0) is 80.9 Å². The van der Waals surface area contributed by atoms with Crippen LogP contribution in [0.4, 0.5) is 40.2 Å². The summed E-state index contributed by atoms with van der Waals surface area (Å²) in [5.41, 5.74) is 4.51. The van der Waals surface area contributed by atoms with E-state index in [9.17, 15) is 9.67 Å². The lowest BCUT2D eigenvalue weighted by molar-refractivity contribution is 0.0351. The van der Waals surface area contributed by atoms with Crippen LogP contribution in [0.5, 0.6) is 5.75 Å². The van der Waals surface area contributed by atoms with Crippen molar-refractivity contribution >= 4 is 81.5 Å². The van der Waals surface area contributed by atoms with E-state index in [4.69, 9.17) is 9.72 Å². The van der Waals surface area contributed by atoms with E-state index in [-0.39, 0.29) is 0 Å². The molecule has 3 heterocycles. The summed E-state index contributed by atoms with van der Waals surface area (Å²) in [5, 5.41) is 22.2. The van der Waals surface area contributed by atoms with E-state index in [1.54, 1.807) is 56.6 Å². The Hall–Kier alpha value is -4.06. The summed E-state index contributed by atoms with van der Waals surface area (Å²) in [6.07, 6.45) is 8.41. The van der Waals surface area contributed by atoms with Gasteiger partial charge in [-0.15, -0.1) is 0 Å². The van der Waals surface area contributed by atoms with Gasteiger partial charge in [-0.2, -0.15) is 10.1 Å². The minimum atomic E-state index is -2.83. The second kappa shape index (κ2) is 13.4. The maximum atomic E-state index is 13.5. The number of hydrogen-bond donors (Lipinski definition) is 3. The molecular weight excluding hydrogens is 669 g/mol. The number of methoxy groups -OCH3 is 1. The predicted molar refractivity (Wildman–Crippen MR) is 192 cm³/mol. The molecular formula is C32H39BrN9O3P. The number of benzene rings is 2. The number of aliphatic hydroxyl groups is 1. The lowest BCUT2D eigenvalue weighted by atomic mass is 9.92. The number of nitrogens with zero attached hydrogens (tertiary/aromatic N) is 7. The van der Waals surface area contributed by atoms with Crippen LogP contribution in [0.15, 0.2) is 57.3 Å². The molecule has 1 fully saturated rings. The van der Waals surface area contributed by atoms with Crippen molar-refractivity contribution in [1.29, 1.82) is 0 Å². The fourth-order valence-electron chi connectivity index (χ4n) is 5.48. The molecule has 0 aliphatic carbocycles. The smallest absolute Gasteiger partial charge is 0.229 e. The summed E-state index contributed by atoms with van der Waals surface area (Å²) in [5.74, 6) is 1.38. The van der Waals surface area contributed by atoms with Gasteiger partial charge in [0.1, 0.15) is 24.4 Å². The molecule has 0 spiro atoms. The Balaban J connectivity index is 1.54. The average molecular weight is 709 g/mol. The van der Waals surface area contributed by atoms with Crippen LogP contribution in [0.3, 0.4) is 0 Å². The van der Waals surface area contributed by atoms with Crippen molar-refractivity contribution in [2.75, 3.05) is 49.1 Å². The first-order valence-corrected chi connectivity index (χ1v) is 18.2. The third-order valence-electron chi connectivity index (χ3n) is 7.86. The second-order valence-electron chi connectivity index (χ2n) is 11.8. The molecule has 0 unspecified atom stereocenters. The van der Waals surface area contributed by atoms with Crippen molar-refractivity contribution in [3.63, 3.8) is 0 Å². The van der Waals surface area contributed by atoms with E-state index in [0.29, 0.717) is 76.0 Å². The zero-order valence-electron chi connectivity index (χ0n) is 26.9. The standard InChI is InChI=1S/C32H39BrN9O3P/c1-8-35-28-23(34-3)9-10-24(29(28)46(6,7)44)38-30-22(33)18-36-31(40-30)39-25-15-21(20-17-37-41(4)19-20)26(16-27(25)45-5)42-13-11-32(2,43)12-14-42/h8-10,15-19,43H,3,11-14H2,1-2,4-7H3,(H2,36,38,39,40). The minimum Gasteiger partial charge on any atom is -0.494 e. The molecule has 3 N–H and O–H groups in total. The van der Waals surface area contributed by atoms with Gasteiger partial charge in [-0.25, -0.2) is 4.98 Å². The number of aryl methyl sites for hydroxylation is 1. The Morgan fingerprint density at radius 2 is 1.91 bits per heavy atom. The molecule has 46 heavy (non-hydrogen) atoms. The van der Waals surface area contributed by atoms with Gasteiger partial charge in [0.2, 0.25) is 5.95 Å². The monoisotopic (exact) mass is 707 g/mol. The Kier molecular flexibility index (Phi) is 9.67. The van der Waals surface area contributed by atoms with Crippen molar-refractivity contribution in [1.82, 2.24) is 19.7 Å². The second-order valence-corrected chi connectivity index (χ2v) is 15.8. The van der Waals surface area contributed by atoms with E-state index < -0.39 is 12.7 Å². The molecule has 5 rings (SSSR count). The zero-order valence-corrected chi connectivity index (χ0v) is 29.4. The van der Waals surface area contributed by atoms with Gasteiger partial charge in [0.05, 0.1) is 45.7 Å². The number of halogens is 1. The number of nitrogens with one attached hydrogen (secondary N) is 2. The number of aromatic nitrogens is 4. The van der Waals surface area contributed by atoms with Crippen LogP contribution in [0.25, 0.3) is 11.1 Å². The van der Waals surface area contributed by atoms with Crippen molar-refractivity contribution in [2.24, 2.45) is 17.0 Å². The Morgan fingerprint density at radius 3 is 2.52 bits per heavy atom. The maximum absolute atomic E-state index is 13.5. The molecule has 0 atom stereocenters. The number of anilines is 5. The third-order valence-corrected chi connectivity index (χ3v) is 9.97. The zero-order chi connectivity index (χ0) is 33.2. The molecule has 2 aromatic heterocycles. The molecule has 1 aliphatic heterocycles. The summed E-state index contributed by atoms with van der Waals surface area (Å²) in [6.45, 7) is 12.1. The molecule has 1 aliphatic rings. The van der Waals surface area contributed by atoms with Crippen LogP contribution < -0.4 is 25.6 Å². The van der Waals surface area contributed by atoms with E-state index in [2.05, 4.69) is 58.2 Å². The predicted octanol–water partition coefficient (Wildman–Crippen LogP) is 6.79. The lowest BCUT2D eigenvalue weighted by Gasteiger charge is -2.38. The SMILES string of the molecule is C=Nc1ccc(Nc2nc(Nc3cc(-c4cnn(C)c4)c(N4CCC(C)(O)CC4)cc3OC)ncc2Br)c(P(C)(C)=O)c1N=CC. The van der Waals surface area contributed by atoms with E-state index in [1.807, 2.05) is 38.5 Å². The summed E-state index contributed by atoms with van der Waals surface area (Å²) >= 11 is 3.56. The number of piperidine rings is 1. The highest BCUT2D eigenvalue weighted by atomic mass is 79.9. The van der Waals surface area contributed by atoms with Gasteiger partial charge in [0.25, 0.3) is 0 Å². The normalized spacial score (nSPS) is 14.8. The molecule has 4 aromatic rings. The highest BCUT2D eigenvalue weighted by Gasteiger charge is 2.30. The first-order valence-electron chi connectivity index (χ1n) is 14.8. The van der Waals surface area contributed by atoms with Crippen LogP contribution in [0, 0.1) is 0 Å². The molecule has 0 bridgehead atoms. The molecule has 242 valence electrons. The first-order chi connectivity index (χ1) is 21.8. The van der Waals surface area contributed by atoms with Crippen LogP contribution in [-0.2, 0) is 11.6 Å². The molecule has 12 nitrogen and oxygen atoms in total. The molecule has 2 aromatic carbocycles. The quantitative estimate of drug-likeness (QED) is 0.120. The van der Waals surface area contributed by atoms with Crippen LogP contribution in [-0.4, -0.2) is 76.9 Å². The van der Waals surface area contributed by atoms with Gasteiger partial charge in [0.15, 0.2) is 0 Å². The van der Waals surface area contributed by atoms with Crippen molar-refractivity contribution in [3.05, 3.63) is 47.3 Å². The summed E-state index contributed by atoms with van der Waals surface area (Å²) in [7, 11) is 0.677. The van der Waals surface area contributed by atoms with Crippen molar-refractivity contribution in [3.8, 4) is 16.9 Å². The first kappa shape index (κ1) is 33.3. The fraction of sp³-hybridized carbons (Fsp3) is 0.344. The summed E-state index contributed by atoms with van der Waals surface area (Å²) < 4.78 is 21.7. The van der Waals surface area contributed by atoms with Gasteiger partial charge in [-0.3, -0.25) is 14.7 Å². The van der Waals surface area contributed by atoms with Gasteiger partial charge in [-0.1, -0.05) is 0 Å². The lowest BCUT2D eigenvalue weighted by Crippen LogP contribution is -2.42.